The lowest BCUT2D eigenvalue weighted by Crippen LogP contribution is -2.22. The second-order valence-electron chi connectivity index (χ2n) is 5.81. The van der Waals surface area contributed by atoms with Crippen LogP contribution < -0.4 is 10.8 Å². The van der Waals surface area contributed by atoms with E-state index in [1.165, 1.54) is 23.8 Å². The first-order valence-electron chi connectivity index (χ1n) is 8.04. The van der Waals surface area contributed by atoms with Gasteiger partial charge in [0.15, 0.2) is 5.13 Å². The first-order chi connectivity index (χ1) is 12.5. The molecule has 0 aliphatic heterocycles. The van der Waals surface area contributed by atoms with Gasteiger partial charge in [0, 0.05) is 25.0 Å². The third-order valence-electron chi connectivity index (χ3n) is 3.61. The lowest BCUT2D eigenvalue weighted by molar-refractivity contribution is -0.114. The monoisotopic (exact) mass is 366 g/mol. The molecule has 0 saturated heterocycles. The minimum atomic E-state index is -0.443. The molecule has 1 aromatic carbocycles. The minimum absolute atomic E-state index is 0.212. The number of benzene rings is 1. The van der Waals surface area contributed by atoms with Crippen molar-refractivity contribution in [3.8, 4) is 0 Å². The van der Waals surface area contributed by atoms with E-state index in [-0.39, 0.29) is 11.6 Å². The predicted octanol–water partition coefficient (Wildman–Crippen LogP) is 3.00. The summed E-state index contributed by atoms with van der Waals surface area (Å²) in [5, 5.41) is 4.54. The highest BCUT2D eigenvalue weighted by atomic mass is 32.1. The van der Waals surface area contributed by atoms with Gasteiger partial charge in [-0.3, -0.25) is 9.59 Å². The molecule has 0 unspecified atom stereocenters. The van der Waals surface area contributed by atoms with Crippen molar-refractivity contribution < 1.29 is 9.59 Å². The Labute approximate surface area is 154 Å². The normalized spacial score (nSPS) is 11.4. The summed E-state index contributed by atoms with van der Waals surface area (Å²) in [6.07, 6.45) is 1.88. The largest absolute Gasteiger partial charge is 0.328 e. The van der Waals surface area contributed by atoms with Gasteiger partial charge in [-0.2, -0.15) is 4.99 Å². The van der Waals surface area contributed by atoms with E-state index in [2.05, 4.69) is 39.6 Å². The molecular formula is C19H18N4O2S. The number of aryl methyl sites for hydroxylation is 1. The van der Waals surface area contributed by atoms with Crippen LogP contribution in [0.1, 0.15) is 28.5 Å². The number of nitrogens with zero attached hydrogens (tertiary/aromatic N) is 3. The smallest absolute Gasteiger partial charge is 0.298 e. The molecule has 7 heteroatoms. The number of hydrogen-bond donors (Lipinski definition) is 1. The number of carbonyl (C=O) groups excluding carboxylic acids is 2. The SMILES string of the molecule is CC(=O)Nc1nc(C(=O)N=c2ccccn2Cc2ccc(C)cc2)cs1. The van der Waals surface area contributed by atoms with Crippen LogP contribution >= 0.6 is 11.3 Å². The van der Waals surface area contributed by atoms with E-state index in [0.29, 0.717) is 17.2 Å². The molecule has 0 fully saturated rings. The second kappa shape index (κ2) is 7.88. The molecule has 0 spiro atoms. The summed E-state index contributed by atoms with van der Waals surface area (Å²) in [7, 11) is 0. The number of amides is 2. The minimum Gasteiger partial charge on any atom is -0.328 e. The standard InChI is InChI=1S/C19H18N4O2S/c1-13-6-8-15(9-7-13)11-23-10-4-3-5-17(23)22-18(25)16-12-26-19(21-16)20-14(2)24/h3-10,12H,11H2,1-2H3,(H,20,21,24). The third-order valence-corrected chi connectivity index (χ3v) is 4.37. The number of nitrogens with one attached hydrogen (secondary N) is 1. The number of pyridine rings is 1. The Balaban J connectivity index is 1.86. The summed E-state index contributed by atoms with van der Waals surface area (Å²) in [4.78, 5) is 31.8. The van der Waals surface area contributed by atoms with Gasteiger partial charge < -0.3 is 9.88 Å². The molecule has 132 valence electrons. The number of aromatic nitrogens is 2. The van der Waals surface area contributed by atoms with Crippen molar-refractivity contribution in [2.24, 2.45) is 4.99 Å². The Bertz CT molecular complexity index is 1000. The maximum absolute atomic E-state index is 12.4. The number of hydrogen-bond acceptors (Lipinski definition) is 4. The Hall–Kier alpha value is -3.06. The van der Waals surface area contributed by atoms with E-state index >= 15 is 0 Å². The summed E-state index contributed by atoms with van der Waals surface area (Å²) < 4.78 is 1.91. The lowest BCUT2D eigenvalue weighted by atomic mass is 10.1. The molecule has 0 saturated carbocycles. The van der Waals surface area contributed by atoms with Gasteiger partial charge in [-0.1, -0.05) is 35.9 Å². The lowest BCUT2D eigenvalue weighted by Gasteiger charge is -2.07. The van der Waals surface area contributed by atoms with Gasteiger partial charge in [0.05, 0.1) is 0 Å². The van der Waals surface area contributed by atoms with Gasteiger partial charge in [0.2, 0.25) is 5.91 Å². The summed E-state index contributed by atoms with van der Waals surface area (Å²) in [5.41, 5.74) is 3.08. The maximum Gasteiger partial charge on any atom is 0.298 e. The van der Waals surface area contributed by atoms with E-state index in [9.17, 15) is 9.59 Å². The number of rotatable bonds is 4. The highest BCUT2D eigenvalue weighted by molar-refractivity contribution is 7.14. The zero-order chi connectivity index (χ0) is 18.5. The van der Waals surface area contributed by atoms with Crippen LogP contribution in [0, 0.1) is 6.92 Å². The molecule has 2 heterocycles. The maximum atomic E-state index is 12.4. The fraction of sp³-hybridized carbons (Fsp3) is 0.158. The van der Waals surface area contributed by atoms with Crippen LogP contribution in [-0.2, 0) is 11.3 Å². The van der Waals surface area contributed by atoms with Crippen molar-refractivity contribution in [3.05, 3.63) is 76.4 Å². The van der Waals surface area contributed by atoms with E-state index in [1.54, 1.807) is 11.4 Å². The quantitative estimate of drug-likeness (QED) is 0.771. The average molecular weight is 366 g/mol. The fourth-order valence-corrected chi connectivity index (χ4v) is 3.06. The molecule has 0 radical (unpaired) electrons. The molecule has 0 bridgehead atoms. The zero-order valence-corrected chi connectivity index (χ0v) is 15.3. The van der Waals surface area contributed by atoms with Crippen molar-refractivity contribution in [1.82, 2.24) is 9.55 Å². The molecule has 0 aliphatic rings. The average Bonchev–Trinajstić information content (AvgIpc) is 3.06. The van der Waals surface area contributed by atoms with Crippen LogP contribution in [0.15, 0.2) is 59.0 Å². The van der Waals surface area contributed by atoms with Gasteiger partial charge in [0.25, 0.3) is 5.91 Å². The Morgan fingerprint density at radius 1 is 1.19 bits per heavy atom. The van der Waals surface area contributed by atoms with Gasteiger partial charge in [-0.15, -0.1) is 11.3 Å². The van der Waals surface area contributed by atoms with E-state index in [1.807, 2.05) is 29.8 Å². The molecule has 3 rings (SSSR count). The number of carbonyl (C=O) groups is 2. The highest BCUT2D eigenvalue weighted by Crippen LogP contribution is 2.15. The molecule has 0 aliphatic carbocycles. The summed E-state index contributed by atoms with van der Waals surface area (Å²) in [6.45, 7) is 4.05. The van der Waals surface area contributed by atoms with Crippen molar-refractivity contribution >= 4 is 28.3 Å². The molecule has 2 aromatic heterocycles. The van der Waals surface area contributed by atoms with Crippen molar-refractivity contribution in [2.45, 2.75) is 20.4 Å². The predicted molar refractivity (Wildman–Crippen MR) is 101 cm³/mol. The molecule has 0 atom stereocenters. The zero-order valence-electron chi connectivity index (χ0n) is 14.5. The van der Waals surface area contributed by atoms with Gasteiger partial charge >= 0.3 is 0 Å². The van der Waals surface area contributed by atoms with E-state index in [4.69, 9.17) is 0 Å². The first-order valence-corrected chi connectivity index (χ1v) is 8.92. The molecule has 6 nitrogen and oxygen atoms in total. The molecule has 3 aromatic rings. The molecule has 26 heavy (non-hydrogen) atoms. The highest BCUT2D eigenvalue weighted by Gasteiger charge is 2.10. The van der Waals surface area contributed by atoms with Crippen LogP contribution in [0.4, 0.5) is 5.13 Å². The van der Waals surface area contributed by atoms with Crippen LogP contribution in [0.3, 0.4) is 0 Å². The number of thiazole rings is 1. The molecular weight excluding hydrogens is 348 g/mol. The van der Waals surface area contributed by atoms with Gasteiger partial charge in [0.1, 0.15) is 11.2 Å². The second-order valence-corrected chi connectivity index (χ2v) is 6.67. The summed E-state index contributed by atoms with van der Waals surface area (Å²) in [6, 6.07) is 13.7. The Morgan fingerprint density at radius 3 is 2.69 bits per heavy atom. The third kappa shape index (κ3) is 4.52. The van der Waals surface area contributed by atoms with Crippen LogP contribution in [0.5, 0.6) is 0 Å². The van der Waals surface area contributed by atoms with Gasteiger partial charge in [-0.25, -0.2) is 4.98 Å². The van der Waals surface area contributed by atoms with E-state index < -0.39 is 5.91 Å². The summed E-state index contributed by atoms with van der Waals surface area (Å²) in [5.74, 6) is -0.670. The Kier molecular flexibility index (Phi) is 5.38. The van der Waals surface area contributed by atoms with Crippen molar-refractivity contribution in [2.75, 3.05) is 5.32 Å². The van der Waals surface area contributed by atoms with Crippen LogP contribution in [0.2, 0.25) is 0 Å². The van der Waals surface area contributed by atoms with Crippen LogP contribution in [-0.4, -0.2) is 21.4 Å². The van der Waals surface area contributed by atoms with Crippen molar-refractivity contribution in [1.29, 1.82) is 0 Å². The molecule has 1 N–H and O–H groups in total. The fourth-order valence-electron chi connectivity index (χ4n) is 2.33. The topological polar surface area (TPSA) is 76.3 Å². The Morgan fingerprint density at radius 2 is 1.96 bits per heavy atom. The van der Waals surface area contributed by atoms with E-state index in [0.717, 1.165) is 5.56 Å². The summed E-state index contributed by atoms with van der Waals surface area (Å²) >= 11 is 1.19. The van der Waals surface area contributed by atoms with Crippen LogP contribution in [0.25, 0.3) is 0 Å². The number of anilines is 1. The molecule has 2 amide bonds. The van der Waals surface area contributed by atoms with Crippen molar-refractivity contribution in [3.63, 3.8) is 0 Å². The first kappa shape index (κ1) is 17.8. The van der Waals surface area contributed by atoms with Gasteiger partial charge in [-0.05, 0) is 24.6 Å².